The second-order valence-electron chi connectivity index (χ2n) is 10.9. The van der Waals surface area contributed by atoms with Gasteiger partial charge in [0.1, 0.15) is 0 Å². The zero-order chi connectivity index (χ0) is 31.0. The number of carbonyl (C=O) groups excluding carboxylic acids is 2. The quantitative estimate of drug-likeness (QED) is 0.254. The number of amides is 2. The van der Waals surface area contributed by atoms with Gasteiger partial charge in [-0.05, 0) is 54.8 Å². The molecular formula is C32H30ClN7O4. The molecule has 3 aromatic heterocycles. The molecule has 44 heavy (non-hydrogen) atoms. The Morgan fingerprint density at radius 3 is 2.70 bits per heavy atom. The van der Waals surface area contributed by atoms with E-state index < -0.39 is 12.1 Å². The minimum atomic E-state index is -0.614. The highest BCUT2D eigenvalue weighted by Crippen LogP contribution is 2.35. The summed E-state index contributed by atoms with van der Waals surface area (Å²) in [5, 5.41) is 11.4. The van der Waals surface area contributed by atoms with Crippen molar-refractivity contribution in [2.45, 2.75) is 32.2 Å². The first-order valence-corrected chi connectivity index (χ1v) is 14.6. The number of rotatable bonds is 3. The number of aryl methyl sites for hydroxylation is 1. The van der Waals surface area contributed by atoms with Gasteiger partial charge in [-0.2, -0.15) is 5.10 Å². The fourth-order valence-electron chi connectivity index (χ4n) is 5.65. The van der Waals surface area contributed by atoms with Crippen LogP contribution in [0.4, 0.5) is 16.2 Å². The summed E-state index contributed by atoms with van der Waals surface area (Å²) < 4.78 is 8.05. The zero-order valence-corrected chi connectivity index (χ0v) is 25.1. The first kappa shape index (κ1) is 29.1. The standard InChI is InChI=1S/C32H30ClN7O4/c1-18-5-4-6-28(40-17-35-25(15-29(40)41)24-13-21(33)11-20-16-36-39(2)30(20)24)27-12-19(9-10-34-27)23-8-7-22(37-32(43)44-3)14-26(23)38-31(18)42/h7-18,28H,4-6H2,1-3H3,(H,37,43)(H,38,42)/t18-,28+/m1/s1. The van der Waals surface area contributed by atoms with Crippen molar-refractivity contribution < 1.29 is 14.3 Å². The lowest BCUT2D eigenvalue weighted by atomic mass is 9.95. The summed E-state index contributed by atoms with van der Waals surface area (Å²) in [4.78, 5) is 48.1. The van der Waals surface area contributed by atoms with Crippen LogP contribution in [-0.4, -0.2) is 43.4 Å². The Morgan fingerprint density at radius 2 is 1.91 bits per heavy atom. The number of halogens is 1. The molecule has 224 valence electrons. The van der Waals surface area contributed by atoms with Gasteiger partial charge in [0.2, 0.25) is 5.91 Å². The minimum Gasteiger partial charge on any atom is -0.453 e. The minimum absolute atomic E-state index is 0.140. The fourth-order valence-corrected chi connectivity index (χ4v) is 5.88. The molecule has 6 rings (SSSR count). The van der Waals surface area contributed by atoms with E-state index >= 15 is 0 Å². The fraction of sp³-hybridized carbons (Fsp3) is 0.250. The third-order valence-electron chi connectivity index (χ3n) is 7.95. The molecule has 2 bridgehead atoms. The van der Waals surface area contributed by atoms with Crippen molar-refractivity contribution in [1.29, 1.82) is 0 Å². The molecule has 4 heterocycles. The third kappa shape index (κ3) is 5.66. The van der Waals surface area contributed by atoms with Crippen LogP contribution in [0.2, 0.25) is 5.02 Å². The highest BCUT2D eigenvalue weighted by Gasteiger charge is 2.23. The van der Waals surface area contributed by atoms with Gasteiger partial charge in [0.25, 0.3) is 5.56 Å². The second-order valence-corrected chi connectivity index (χ2v) is 11.3. The topological polar surface area (TPSA) is 133 Å². The van der Waals surface area contributed by atoms with Gasteiger partial charge in [-0.25, -0.2) is 9.78 Å². The van der Waals surface area contributed by atoms with Crippen molar-refractivity contribution >= 4 is 45.9 Å². The van der Waals surface area contributed by atoms with E-state index in [9.17, 15) is 14.4 Å². The molecule has 2 atom stereocenters. The summed E-state index contributed by atoms with van der Waals surface area (Å²) >= 11 is 6.39. The molecule has 11 nitrogen and oxygen atoms in total. The maximum Gasteiger partial charge on any atom is 0.411 e. The number of benzene rings is 2. The van der Waals surface area contributed by atoms with E-state index in [1.54, 1.807) is 46.2 Å². The summed E-state index contributed by atoms with van der Waals surface area (Å²) in [6, 6.07) is 13.7. The van der Waals surface area contributed by atoms with Crippen LogP contribution >= 0.6 is 11.6 Å². The molecular weight excluding hydrogens is 582 g/mol. The molecule has 1 aliphatic rings. The number of nitrogens with zero attached hydrogens (tertiary/aromatic N) is 5. The number of hydrogen-bond acceptors (Lipinski definition) is 7. The molecule has 2 N–H and O–H groups in total. The maximum atomic E-state index is 13.7. The number of pyridine rings is 1. The molecule has 0 saturated heterocycles. The van der Waals surface area contributed by atoms with Crippen molar-refractivity contribution in [3.05, 3.63) is 88.3 Å². The van der Waals surface area contributed by atoms with Gasteiger partial charge >= 0.3 is 6.09 Å². The zero-order valence-electron chi connectivity index (χ0n) is 24.4. The number of hydrogen-bond donors (Lipinski definition) is 2. The van der Waals surface area contributed by atoms with E-state index in [1.165, 1.54) is 13.2 Å². The molecule has 2 amide bonds. The molecule has 2 aromatic carbocycles. The van der Waals surface area contributed by atoms with Gasteiger partial charge in [0.05, 0.1) is 48.3 Å². The lowest BCUT2D eigenvalue weighted by molar-refractivity contribution is -0.119. The first-order valence-electron chi connectivity index (χ1n) is 14.2. The average molecular weight is 612 g/mol. The van der Waals surface area contributed by atoms with E-state index in [4.69, 9.17) is 21.3 Å². The molecule has 0 radical (unpaired) electrons. The lowest BCUT2D eigenvalue weighted by Gasteiger charge is -2.23. The van der Waals surface area contributed by atoms with Crippen LogP contribution in [0.15, 0.2) is 72.0 Å². The van der Waals surface area contributed by atoms with Crippen LogP contribution in [0, 0.1) is 5.92 Å². The highest BCUT2D eigenvalue weighted by molar-refractivity contribution is 6.31. The van der Waals surface area contributed by atoms with Crippen LogP contribution in [0.5, 0.6) is 0 Å². The lowest BCUT2D eigenvalue weighted by Crippen LogP contribution is -2.27. The van der Waals surface area contributed by atoms with Crippen LogP contribution in [0.1, 0.15) is 37.9 Å². The molecule has 5 aromatic rings. The molecule has 0 fully saturated rings. The van der Waals surface area contributed by atoms with Crippen molar-refractivity contribution in [3.63, 3.8) is 0 Å². The van der Waals surface area contributed by atoms with E-state index in [0.29, 0.717) is 52.6 Å². The Kier molecular flexibility index (Phi) is 7.88. The number of carbonyl (C=O) groups is 2. The first-order chi connectivity index (χ1) is 21.2. The Balaban J connectivity index is 1.43. The van der Waals surface area contributed by atoms with Gasteiger partial charge in [-0.15, -0.1) is 0 Å². The van der Waals surface area contributed by atoms with Crippen molar-refractivity contribution in [3.8, 4) is 22.4 Å². The predicted molar refractivity (Wildman–Crippen MR) is 169 cm³/mol. The maximum absolute atomic E-state index is 13.7. The summed E-state index contributed by atoms with van der Waals surface area (Å²) in [5.41, 5.74) is 5.04. The van der Waals surface area contributed by atoms with Gasteiger partial charge in [-0.3, -0.25) is 29.1 Å². The predicted octanol–water partition coefficient (Wildman–Crippen LogP) is 6.04. The van der Waals surface area contributed by atoms with Crippen molar-refractivity contribution in [2.24, 2.45) is 13.0 Å². The second kappa shape index (κ2) is 11.9. The number of aromatic nitrogens is 5. The number of methoxy groups -OCH3 is 1. The third-order valence-corrected chi connectivity index (χ3v) is 8.17. The number of nitrogens with one attached hydrogen (secondary N) is 2. The van der Waals surface area contributed by atoms with Crippen LogP contribution in [-0.2, 0) is 16.6 Å². The molecule has 12 heteroatoms. The van der Waals surface area contributed by atoms with E-state index in [2.05, 4.69) is 20.7 Å². The SMILES string of the molecule is COC(=O)Nc1ccc2c(c1)NC(=O)[C@H](C)CCC[C@H](n1cnc(-c3cc(Cl)cc4cnn(C)c34)cc1=O)c1cc-2ccn1. The summed E-state index contributed by atoms with van der Waals surface area (Å²) in [7, 11) is 3.12. The monoisotopic (exact) mass is 611 g/mol. The molecule has 1 aliphatic heterocycles. The summed E-state index contributed by atoms with van der Waals surface area (Å²) in [6.07, 6.45) is 6.20. The van der Waals surface area contributed by atoms with Crippen molar-refractivity contribution in [2.75, 3.05) is 17.7 Å². The Morgan fingerprint density at radius 1 is 1.07 bits per heavy atom. The molecule has 0 spiro atoms. The number of fused-ring (bicyclic) bond motifs is 5. The van der Waals surface area contributed by atoms with Crippen LogP contribution in [0.3, 0.4) is 0 Å². The number of anilines is 2. The number of ether oxygens (including phenoxy) is 1. The smallest absolute Gasteiger partial charge is 0.411 e. The van der Waals surface area contributed by atoms with E-state index in [0.717, 1.165) is 22.0 Å². The van der Waals surface area contributed by atoms with Crippen molar-refractivity contribution in [1.82, 2.24) is 24.3 Å². The van der Waals surface area contributed by atoms with Crippen LogP contribution in [0.25, 0.3) is 33.3 Å². The van der Waals surface area contributed by atoms with Crippen LogP contribution < -0.4 is 16.2 Å². The van der Waals surface area contributed by atoms with Gasteiger partial charge < -0.3 is 10.1 Å². The van der Waals surface area contributed by atoms with Gasteiger partial charge in [0.15, 0.2) is 0 Å². The van der Waals surface area contributed by atoms with Gasteiger partial charge in [0, 0.05) is 52.5 Å². The normalized spacial score (nSPS) is 16.8. The highest BCUT2D eigenvalue weighted by atomic mass is 35.5. The summed E-state index contributed by atoms with van der Waals surface area (Å²) in [6.45, 7) is 1.87. The average Bonchev–Trinajstić information content (AvgIpc) is 3.38. The van der Waals surface area contributed by atoms with E-state index in [1.807, 2.05) is 38.2 Å². The molecule has 0 aliphatic carbocycles. The molecule has 0 saturated carbocycles. The van der Waals surface area contributed by atoms with E-state index in [-0.39, 0.29) is 17.4 Å². The largest absolute Gasteiger partial charge is 0.453 e. The summed E-state index contributed by atoms with van der Waals surface area (Å²) in [5.74, 6) is -0.438. The Labute approximate surface area is 257 Å². The van der Waals surface area contributed by atoms with Gasteiger partial charge in [-0.1, -0.05) is 31.0 Å². The Bertz CT molecular complexity index is 1970. The Hall–Kier alpha value is -5.03. The molecule has 0 unspecified atom stereocenters.